The van der Waals surface area contributed by atoms with Gasteiger partial charge in [-0.05, 0) is 37.0 Å². The van der Waals surface area contributed by atoms with E-state index in [1.165, 1.54) is 4.90 Å². The van der Waals surface area contributed by atoms with Crippen molar-refractivity contribution in [3.05, 3.63) is 35.1 Å². The molecule has 10 heteroatoms. The van der Waals surface area contributed by atoms with Gasteiger partial charge in [-0.2, -0.15) is 18.6 Å². The molecule has 3 rings (SSSR count). The maximum atomic E-state index is 13.3. The molecule has 29 heavy (non-hydrogen) atoms. The normalized spacial score (nSPS) is 21.8. The fourth-order valence-electron chi connectivity index (χ4n) is 4.00. The van der Waals surface area contributed by atoms with Gasteiger partial charge in [-0.3, -0.25) is 4.90 Å². The molecule has 1 aromatic carbocycles. The van der Waals surface area contributed by atoms with Gasteiger partial charge in [0.25, 0.3) is 0 Å². The smallest absolute Gasteiger partial charge is 0.410 e. The van der Waals surface area contributed by atoms with Crippen LogP contribution in [0.5, 0.6) is 0 Å². The van der Waals surface area contributed by atoms with Crippen LogP contribution >= 0.6 is 11.6 Å². The Kier molecular flexibility index (Phi) is 5.11. The second-order valence-corrected chi connectivity index (χ2v) is 8.87. The highest BCUT2D eigenvalue weighted by molar-refractivity contribution is 6.33. The van der Waals surface area contributed by atoms with Gasteiger partial charge in [-0.1, -0.05) is 38.4 Å². The maximum absolute atomic E-state index is 13.3. The van der Waals surface area contributed by atoms with E-state index in [9.17, 15) is 18.7 Å². The average Bonchev–Trinajstić information content (AvgIpc) is 3.17. The summed E-state index contributed by atoms with van der Waals surface area (Å²) >= 11 is 6.30. The van der Waals surface area contributed by atoms with Gasteiger partial charge in [0, 0.05) is 5.56 Å². The Morgan fingerprint density at radius 2 is 2.00 bits per heavy atom. The third-order valence-electron chi connectivity index (χ3n) is 5.43. The van der Waals surface area contributed by atoms with Crippen LogP contribution in [0.2, 0.25) is 5.02 Å². The number of carboxylic acid groups (broad SMARTS) is 1. The Bertz CT molecular complexity index is 942. The summed E-state index contributed by atoms with van der Waals surface area (Å²) < 4.78 is 33.0. The molecule has 1 aliphatic rings. The molecule has 7 nitrogen and oxygen atoms in total. The summed E-state index contributed by atoms with van der Waals surface area (Å²) in [4.78, 5) is 17.5. The minimum Gasteiger partial charge on any atom is -0.465 e. The summed E-state index contributed by atoms with van der Waals surface area (Å²) in [5.74, 6) is -0.101. The Morgan fingerprint density at radius 3 is 2.55 bits per heavy atom. The number of nitrogens with zero attached hydrogens (tertiary/aromatic N) is 4. The number of carbonyl (C=O) groups is 1. The van der Waals surface area contributed by atoms with Crippen molar-refractivity contribution in [3.63, 3.8) is 0 Å². The van der Waals surface area contributed by atoms with Gasteiger partial charge in [0.05, 0.1) is 11.6 Å². The second kappa shape index (κ2) is 6.91. The molecule has 1 N–H and O–H groups in total. The van der Waals surface area contributed by atoms with Crippen LogP contribution in [0.3, 0.4) is 0 Å². The third-order valence-corrected chi connectivity index (χ3v) is 5.76. The van der Waals surface area contributed by atoms with Crippen LogP contribution in [-0.2, 0) is 10.3 Å². The van der Waals surface area contributed by atoms with E-state index in [0.717, 1.165) is 6.33 Å². The highest BCUT2D eigenvalue weighted by Gasteiger charge is 2.61. The molecule has 1 saturated heterocycles. The predicted octanol–water partition coefficient (Wildman–Crippen LogP) is 4.98. The summed E-state index contributed by atoms with van der Waals surface area (Å²) in [7, 11) is 0. The minimum absolute atomic E-state index is 0.0956. The summed E-state index contributed by atoms with van der Waals surface area (Å²) in [6.07, 6.45) is -0.121. The quantitative estimate of drug-likeness (QED) is 0.745. The van der Waals surface area contributed by atoms with Crippen LogP contribution < -0.4 is 0 Å². The zero-order chi connectivity index (χ0) is 21.8. The van der Waals surface area contributed by atoms with E-state index in [2.05, 4.69) is 10.1 Å². The topological polar surface area (TPSA) is 80.5 Å². The number of amides is 1. The number of benzene rings is 1. The molecule has 1 aliphatic heterocycles. The monoisotopic (exact) mass is 428 g/mol. The molecule has 1 atom stereocenters. The van der Waals surface area contributed by atoms with Crippen LogP contribution in [0.15, 0.2) is 24.5 Å². The van der Waals surface area contributed by atoms with Crippen molar-refractivity contribution in [1.29, 1.82) is 0 Å². The van der Waals surface area contributed by atoms with E-state index in [-0.39, 0.29) is 23.0 Å². The minimum atomic E-state index is -2.90. The van der Waals surface area contributed by atoms with Crippen LogP contribution in [0.1, 0.15) is 46.7 Å². The first-order valence-corrected chi connectivity index (χ1v) is 9.36. The van der Waals surface area contributed by atoms with Crippen LogP contribution in [0.4, 0.5) is 13.6 Å². The lowest BCUT2D eigenvalue weighted by Crippen LogP contribution is -2.59. The first-order chi connectivity index (χ1) is 13.3. The molecular weight excluding hydrogens is 406 g/mol. The van der Waals surface area contributed by atoms with Crippen molar-refractivity contribution in [3.8, 4) is 11.4 Å². The highest BCUT2D eigenvalue weighted by atomic mass is 35.5. The van der Waals surface area contributed by atoms with E-state index in [4.69, 9.17) is 16.3 Å². The van der Waals surface area contributed by atoms with Crippen molar-refractivity contribution in [2.75, 3.05) is 6.61 Å². The summed E-state index contributed by atoms with van der Waals surface area (Å²) in [6, 6.07) is 4.84. The molecular formula is C19H23ClF2N4O3. The zero-order valence-electron chi connectivity index (χ0n) is 16.8. The lowest BCUT2D eigenvalue weighted by atomic mass is 9.68. The second-order valence-electron chi connectivity index (χ2n) is 8.46. The summed E-state index contributed by atoms with van der Waals surface area (Å²) in [5.41, 5.74) is -1.96. The molecule has 1 aromatic heterocycles. The van der Waals surface area contributed by atoms with Gasteiger partial charge >= 0.3 is 12.6 Å². The lowest BCUT2D eigenvalue weighted by Gasteiger charge is -2.48. The zero-order valence-corrected chi connectivity index (χ0v) is 17.5. The average molecular weight is 429 g/mol. The maximum Gasteiger partial charge on any atom is 0.410 e. The summed E-state index contributed by atoms with van der Waals surface area (Å²) in [6.45, 7) is 6.28. The van der Waals surface area contributed by atoms with E-state index >= 15 is 0 Å². The van der Waals surface area contributed by atoms with Crippen LogP contribution in [0, 0.1) is 5.41 Å². The Morgan fingerprint density at radius 1 is 1.34 bits per heavy atom. The number of halogens is 3. The highest BCUT2D eigenvalue weighted by Crippen LogP contribution is 2.53. The van der Waals surface area contributed by atoms with Gasteiger partial charge in [0.2, 0.25) is 0 Å². The van der Waals surface area contributed by atoms with E-state index < -0.39 is 29.3 Å². The van der Waals surface area contributed by atoms with Crippen molar-refractivity contribution in [2.45, 2.75) is 52.4 Å². The number of hydrogen-bond donors (Lipinski definition) is 1. The molecule has 0 spiro atoms. The van der Waals surface area contributed by atoms with Crippen LogP contribution in [-0.4, -0.2) is 43.2 Å². The molecule has 158 valence electrons. The summed E-state index contributed by atoms with van der Waals surface area (Å²) in [5, 5.41) is 13.8. The van der Waals surface area contributed by atoms with Crippen molar-refractivity contribution in [2.24, 2.45) is 5.41 Å². The van der Waals surface area contributed by atoms with Crippen molar-refractivity contribution < 1.29 is 23.4 Å². The molecule has 0 unspecified atom stereocenters. The van der Waals surface area contributed by atoms with Crippen molar-refractivity contribution >= 4 is 17.7 Å². The van der Waals surface area contributed by atoms with Crippen molar-refractivity contribution in [1.82, 2.24) is 19.7 Å². The largest absolute Gasteiger partial charge is 0.465 e. The Labute approximate surface area is 172 Å². The molecule has 1 amide bonds. The standard InChI is InChI=1S/C19H23ClF2N4O3/c1-17(2,3)19(9-29-18(4,5)26(19)16(27)28)11-6-7-13(20)12(8-11)14-23-10-24-25(14)15(21)22/h6-8,10,15H,9H2,1-5H3,(H,27,28)/t19-/m1/s1. The molecule has 0 aliphatic carbocycles. The molecule has 0 saturated carbocycles. The van der Waals surface area contributed by atoms with E-state index in [1.807, 2.05) is 20.8 Å². The number of rotatable bonds is 3. The molecule has 0 radical (unpaired) electrons. The predicted molar refractivity (Wildman–Crippen MR) is 103 cm³/mol. The molecule has 2 aromatic rings. The number of aromatic nitrogens is 3. The Balaban J connectivity index is 2.27. The number of alkyl halides is 2. The van der Waals surface area contributed by atoms with Gasteiger partial charge in [-0.15, -0.1) is 0 Å². The Hall–Kier alpha value is -2.26. The third kappa shape index (κ3) is 3.26. The van der Waals surface area contributed by atoms with Gasteiger partial charge in [0.15, 0.2) is 5.82 Å². The van der Waals surface area contributed by atoms with Crippen LogP contribution in [0.25, 0.3) is 11.4 Å². The van der Waals surface area contributed by atoms with E-state index in [0.29, 0.717) is 10.2 Å². The van der Waals surface area contributed by atoms with Gasteiger partial charge < -0.3 is 9.84 Å². The van der Waals surface area contributed by atoms with Gasteiger partial charge in [0.1, 0.15) is 17.6 Å². The SMILES string of the molecule is CC1(C)OC[C@@](c2ccc(Cl)c(-c3ncnn3C(F)F)c2)(C(C)(C)C)N1C(=O)O. The number of hydrogen-bond acceptors (Lipinski definition) is 4. The fourth-order valence-corrected chi connectivity index (χ4v) is 4.20. The lowest BCUT2D eigenvalue weighted by molar-refractivity contribution is -0.0584. The molecule has 0 bridgehead atoms. The van der Waals surface area contributed by atoms with Gasteiger partial charge in [-0.25, -0.2) is 9.78 Å². The molecule has 1 fully saturated rings. The number of ether oxygens (including phenoxy) is 1. The first-order valence-electron chi connectivity index (χ1n) is 8.98. The fraction of sp³-hybridized carbons (Fsp3) is 0.526. The van der Waals surface area contributed by atoms with E-state index in [1.54, 1.807) is 32.0 Å². The molecule has 2 heterocycles. The first kappa shape index (κ1) is 21.4.